The quantitative estimate of drug-likeness (QED) is 0.317. The van der Waals surface area contributed by atoms with E-state index in [0.717, 1.165) is 59.4 Å². The van der Waals surface area contributed by atoms with Crippen LogP contribution in [-0.2, 0) is 32.6 Å². The van der Waals surface area contributed by atoms with Crippen LogP contribution in [0.5, 0.6) is 0 Å². The Morgan fingerprint density at radius 1 is 0.927 bits per heavy atom. The van der Waals surface area contributed by atoms with Crippen molar-refractivity contribution >= 4 is 39.1 Å². The van der Waals surface area contributed by atoms with Crippen LogP contribution in [0.25, 0.3) is 0 Å². The van der Waals surface area contributed by atoms with Crippen LogP contribution in [0.1, 0.15) is 48.8 Å². The van der Waals surface area contributed by atoms with Gasteiger partial charge in [-0.1, -0.05) is 97.1 Å². The predicted molar refractivity (Wildman–Crippen MR) is 164 cm³/mol. The Balaban J connectivity index is 1.72. The topological polar surface area (TPSA) is 86.8 Å². The fraction of sp³-hybridized carbons (Fsp3) is 0.375. The molecule has 0 heterocycles. The number of hydrogen-bond donors (Lipinski definition) is 1. The molecule has 2 amide bonds. The molecule has 41 heavy (non-hydrogen) atoms. The second-order valence-electron chi connectivity index (χ2n) is 10.8. The van der Waals surface area contributed by atoms with Gasteiger partial charge >= 0.3 is 0 Å². The van der Waals surface area contributed by atoms with Crippen LogP contribution >= 0.6 is 11.6 Å². The second kappa shape index (κ2) is 14.0. The highest BCUT2D eigenvalue weighted by molar-refractivity contribution is 7.92. The summed E-state index contributed by atoms with van der Waals surface area (Å²) in [6, 6.07) is 23.0. The predicted octanol–water partition coefficient (Wildman–Crippen LogP) is 5.50. The number of aryl methyl sites for hydroxylation is 1. The van der Waals surface area contributed by atoms with E-state index >= 15 is 0 Å². The number of carbonyl (C=O) groups excluding carboxylic acids is 2. The third-order valence-electron chi connectivity index (χ3n) is 7.43. The van der Waals surface area contributed by atoms with Gasteiger partial charge in [0.05, 0.1) is 11.9 Å². The summed E-state index contributed by atoms with van der Waals surface area (Å²) in [6.07, 6.45) is 6.45. The van der Waals surface area contributed by atoms with Gasteiger partial charge in [0, 0.05) is 24.0 Å². The summed E-state index contributed by atoms with van der Waals surface area (Å²) in [5.74, 6) is -0.702. The Kier molecular flexibility index (Phi) is 10.5. The lowest BCUT2D eigenvalue weighted by Crippen LogP contribution is -2.55. The van der Waals surface area contributed by atoms with Crippen molar-refractivity contribution in [3.8, 4) is 0 Å². The van der Waals surface area contributed by atoms with Gasteiger partial charge in [-0.25, -0.2) is 8.42 Å². The molecular formula is C32H38ClN3O4S. The van der Waals surface area contributed by atoms with Gasteiger partial charge in [-0.05, 0) is 49.1 Å². The highest BCUT2D eigenvalue weighted by atomic mass is 35.5. The summed E-state index contributed by atoms with van der Waals surface area (Å²) < 4.78 is 26.8. The zero-order chi connectivity index (χ0) is 29.4. The van der Waals surface area contributed by atoms with Gasteiger partial charge in [-0.3, -0.25) is 13.9 Å². The Labute approximate surface area is 248 Å². The first-order valence-corrected chi connectivity index (χ1v) is 16.3. The van der Waals surface area contributed by atoms with Crippen LogP contribution in [0.3, 0.4) is 0 Å². The van der Waals surface area contributed by atoms with Gasteiger partial charge in [0.2, 0.25) is 21.8 Å². The Morgan fingerprint density at radius 3 is 2.27 bits per heavy atom. The highest BCUT2D eigenvalue weighted by Gasteiger charge is 2.34. The Morgan fingerprint density at radius 2 is 1.61 bits per heavy atom. The maximum atomic E-state index is 14.2. The van der Waals surface area contributed by atoms with Gasteiger partial charge < -0.3 is 10.2 Å². The molecule has 0 bridgehead atoms. The van der Waals surface area contributed by atoms with Crippen molar-refractivity contribution in [2.75, 3.05) is 17.1 Å². The molecule has 1 N–H and O–H groups in total. The lowest BCUT2D eigenvalue weighted by Gasteiger charge is -2.35. The summed E-state index contributed by atoms with van der Waals surface area (Å²) in [4.78, 5) is 29.7. The van der Waals surface area contributed by atoms with Crippen molar-refractivity contribution in [1.29, 1.82) is 0 Å². The van der Waals surface area contributed by atoms with Crippen LogP contribution in [-0.4, -0.2) is 50.0 Å². The molecule has 3 aromatic carbocycles. The number of anilines is 1. The van der Waals surface area contributed by atoms with Gasteiger partial charge in [0.1, 0.15) is 12.6 Å². The van der Waals surface area contributed by atoms with Crippen LogP contribution in [0.15, 0.2) is 78.9 Å². The first kappa shape index (κ1) is 30.6. The molecule has 0 spiro atoms. The van der Waals surface area contributed by atoms with E-state index in [-0.39, 0.29) is 24.2 Å². The van der Waals surface area contributed by atoms with Crippen molar-refractivity contribution in [2.24, 2.45) is 0 Å². The normalized spacial score (nSPS) is 14.7. The fourth-order valence-electron chi connectivity index (χ4n) is 5.35. The molecule has 0 saturated heterocycles. The first-order valence-electron chi connectivity index (χ1n) is 14.0. The van der Waals surface area contributed by atoms with Crippen LogP contribution in [0.2, 0.25) is 5.02 Å². The molecule has 0 unspecified atom stereocenters. The third kappa shape index (κ3) is 8.81. The molecular weight excluding hydrogens is 558 g/mol. The summed E-state index contributed by atoms with van der Waals surface area (Å²) in [7, 11) is -3.84. The van der Waals surface area contributed by atoms with Gasteiger partial charge in [0.25, 0.3) is 0 Å². The SMILES string of the molecule is Cc1cccc(CN(C(=O)CN(c2cccc(Cl)c2)S(C)(=O)=O)[C@H](Cc2ccccc2)C(=O)NC2CCCCC2)c1. The molecule has 0 radical (unpaired) electrons. The average Bonchev–Trinajstić information content (AvgIpc) is 2.94. The van der Waals surface area contributed by atoms with Crippen LogP contribution < -0.4 is 9.62 Å². The molecule has 3 aromatic rings. The number of rotatable bonds is 11. The number of amides is 2. The number of nitrogens with one attached hydrogen (secondary N) is 1. The first-order chi connectivity index (χ1) is 19.6. The number of nitrogens with zero attached hydrogens (tertiary/aromatic N) is 2. The van der Waals surface area contributed by atoms with Gasteiger partial charge in [0.15, 0.2) is 0 Å². The molecule has 1 aliphatic carbocycles. The molecule has 0 aliphatic heterocycles. The summed E-state index contributed by atoms with van der Waals surface area (Å²) in [5, 5.41) is 3.57. The van der Waals surface area contributed by atoms with E-state index in [9.17, 15) is 18.0 Å². The van der Waals surface area contributed by atoms with Crippen molar-refractivity contribution < 1.29 is 18.0 Å². The number of benzene rings is 3. The molecule has 1 saturated carbocycles. The molecule has 1 atom stereocenters. The lowest BCUT2D eigenvalue weighted by molar-refractivity contribution is -0.140. The number of hydrogen-bond acceptors (Lipinski definition) is 4. The van der Waals surface area contributed by atoms with E-state index in [1.807, 2.05) is 61.5 Å². The van der Waals surface area contributed by atoms with E-state index in [4.69, 9.17) is 11.6 Å². The minimum absolute atomic E-state index is 0.0597. The smallest absolute Gasteiger partial charge is 0.244 e. The third-order valence-corrected chi connectivity index (χ3v) is 8.81. The van der Waals surface area contributed by atoms with E-state index in [2.05, 4.69) is 5.32 Å². The van der Waals surface area contributed by atoms with E-state index in [0.29, 0.717) is 11.4 Å². The summed E-state index contributed by atoms with van der Waals surface area (Å²) in [6.45, 7) is 1.66. The van der Waals surface area contributed by atoms with Crippen LogP contribution in [0.4, 0.5) is 5.69 Å². The zero-order valence-corrected chi connectivity index (χ0v) is 25.2. The van der Waals surface area contributed by atoms with E-state index in [1.54, 1.807) is 18.2 Å². The molecule has 218 valence electrons. The maximum Gasteiger partial charge on any atom is 0.244 e. The highest BCUT2D eigenvalue weighted by Crippen LogP contribution is 2.24. The fourth-order valence-corrected chi connectivity index (χ4v) is 6.38. The molecule has 7 nitrogen and oxygen atoms in total. The second-order valence-corrected chi connectivity index (χ2v) is 13.2. The number of carbonyl (C=O) groups is 2. The molecule has 4 rings (SSSR count). The van der Waals surface area contributed by atoms with Gasteiger partial charge in [-0.15, -0.1) is 0 Å². The molecule has 9 heteroatoms. The molecule has 1 fully saturated rings. The van der Waals surface area contributed by atoms with Crippen molar-refractivity contribution in [1.82, 2.24) is 10.2 Å². The zero-order valence-electron chi connectivity index (χ0n) is 23.6. The van der Waals surface area contributed by atoms with Gasteiger partial charge in [-0.2, -0.15) is 0 Å². The number of sulfonamides is 1. The largest absolute Gasteiger partial charge is 0.352 e. The van der Waals surface area contributed by atoms with Crippen molar-refractivity contribution in [3.05, 3.63) is 101 Å². The summed E-state index contributed by atoms with van der Waals surface area (Å²) in [5.41, 5.74) is 3.08. The standard InChI is InChI=1S/C32H38ClN3O4S/c1-24-11-9-14-26(19-24)22-35(31(37)23-36(41(2,39)40)29-18-10-15-27(33)21-29)30(20-25-12-5-3-6-13-25)32(38)34-28-16-7-4-8-17-28/h3,5-6,9-15,18-19,21,28,30H,4,7-8,16-17,20,22-23H2,1-2H3,(H,34,38)/t30-/m1/s1. The molecule has 0 aromatic heterocycles. The maximum absolute atomic E-state index is 14.2. The minimum atomic E-state index is -3.84. The minimum Gasteiger partial charge on any atom is -0.352 e. The average molecular weight is 596 g/mol. The van der Waals surface area contributed by atoms with Crippen LogP contribution in [0, 0.1) is 6.92 Å². The number of halogens is 1. The van der Waals surface area contributed by atoms with Crippen molar-refractivity contribution in [2.45, 2.75) is 64.1 Å². The lowest BCUT2D eigenvalue weighted by atomic mass is 9.94. The van der Waals surface area contributed by atoms with E-state index < -0.39 is 28.5 Å². The molecule has 1 aliphatic rings. The van der Waals surface area contributed by atoms with E-state index in [1.165, 1.54) is 11.0 Å². The monoisotopic (exact) mass is 595 g/mol. The Hall–Kier alpha value is -3.36. The Bertz CT molecular complexity index is 1440. The van der Waals surface area contributed by atoms with Crippen molar-refractivity contribution in [3.63, 3.8) is 0 Å². The summed E-state index contributed by atoms with van der Waals surface area (Å²) >= 11 is 6.17.